The Morgan fingerprint density at radius 1 is 1.21 bits per heavy atom. The van der Waals surface area contributed by atoms with Crippen LogP contribution in [0.2, 0.25) is 5.15 Å². The molecule has 0 saturated heterocycles. The minimum Gasteiger partial charge on any atom is -0.367 e. The molecule has 0 aliphatic carbocycles. The predicted molar refractivity (Wildman–Crippen MR) is 75.8 cm³/mol. The molecule has 0 unspecified atom stereocenters. The van der Waals surface area contributed by atoms with Crippen LogP contribution in [0.25, 0.3) is 11.3 Å². The van der Waals surface area contributed by atoms with Crippen molar-refractivity contribution in [2.24, 2.45) is 0 Å². The second-order valence-electron chi connectivity index (χ2n) is 4.58. The van der Waals surface area contributed by atoms with Gasteiger partial charge in [-0.2, -0.15) is 0 Å². The SMILES string of the molecule is CN(C)CCCCNc1nc2[nH]c(=O)[nH]c2nc1Cl. The number of fused-ring (bicyclic) bond motifs is 1. The molecule has 2 rings (SSSR count). The van der Waals surface area contributed by atoms with Crippen LogP contribution in [0.3, 0.4) is 0 Å². The van der Waals surface area contributed by atoms with Gasteiger partial charge in [-0.3, -0.25) is 9.97 Å². The molecule has 2 aromatic rings. The zero-order valence-corrected chi connectivity index (χ0v) is 11.7. The van der Waals surface area contributed by atoms with E-state index in [-0.39, 0.29) is 10.8 Å². The van der Waals surface area contributed by atoms with Crippen LogP contribution in [0.15, 0.2) is 4.79 Å². The first-order valence-electron chi connectivity index (χ1n) is 6.10. The maximum Gasteiger partial charge on any atom is 0.326 e. The van der Waals surface area contributed by atoms with Crippen molar-refractivity contribution in [3.8, 4) is 0 Å². The number of unbranched alkanes of at least 4 members (excludes halogenated alkanes) is 1. The molecule has 0 aliphatic rings. The smallest absolute Gasteiger partial charge is 0.326 e. The van der Waals surface area contributed by atoms with Crippen molar-refractivity contribution in [3.63, 3.8) is 0 Å². The van der Waals surface area contributed by atoms with E-state index in [1.54, 1.807) is 0 Å². The van der Waals surface area contributed by atoms with Gasteiger partial charge in [0, 0.05) is 6.54 Å². The lowest BCUT2D eigenvalue weighted by molar-refractivity contribution is 0.396. The molecule has 19 heavy (non-hydrogen) atoms. The van der Waals surface area contributed by atoms with Gasteiger partial charge in [0.15, 0.2) is 22.3 Å². The van der Waals surface area contributed by atoms with E-state index >= 15 is 0 Å². The third kappa shape index (κ3) is 3.68. The first kappa shape index (κ1) is 13.8. The number of nitrogens with zero attached hydrogens (tertiary/aromatic N) is 3. The summed E-state index contributed by atoms with van der Waals surface area (Å²) in [5.41, 5.74) is 0.438. The third-order valence-electron chi connectivity index (χ3n) is 2.64. The molecule has 7 nitrogen and oxygen atoms in total. The molecular formula is C11H17ClN6O. The lowest BCUT2D eigenvalue weighted by Gasteiger charge is -2.10. The van der Waals surface area contributed by atoms with Crippen LogP contribution in [0.5, 0.6) is 0 Å². The van der Waals surface area contributed by atoms with E-state index in [1.165, 1.54) is 0 Å². The summed E-state index contributed by atoms with van der Waals surface area (Å²) in [5.74, 6) is 0.495. The number of hydrogen-bond donors (Lipinski definition) is 3. The van der Waals surface area contributed by atoms with E-state index in [1.807, 2.05) is 14.1 Å². The number of H-pyrrole nitrogens is 2. The first-order valence-corrected chi connectivity index (χ1v) is 6.48. The van der Waals surface area contributed by atoms with Gasteiger partial charge in [0.25, 0.3) is 0 Å². The minimum atomic E-state index is -0.339. The molecular weight excluding hydrogens is 268 g/mol. The van der Waals surface area contributed by atoms with E-state index < -0.39 is 0 Å². The van der Waals surface area contributed by atoms with Gasteiger partial charge in [-0.1, -0.05) is 11.6 Å². The van der Waals surface area contributed by atoms with E-state index in [0.717, 1.165) is 25.9 Å². The Morgan fingerprint density at radius 3 is 2.58 bits per heavy atom. The summed E-state index contributed by atoms with van der Waals surface area (Å²) in [4.78, 5) is 26.6. The lowest BCUT2D eigenvalue weighted by atomic mass is 10.3. The van der Waals surface area contributed by atoms with Gasteiger partial charge in [-0.15, -0.1) is 0 Å². The molecule has 2 heterocycles. The fourth-order valence-corrected chi connectivity index (χ4v) is 1.90. The highest BCUT2D eigenvalue weighted by molar-refractivity contribution is 6.32. The summed E-state index contributed by atoms with van der Waals surface area (Å²) in [5, 5.41) is 3.39. The normalized spacial score (nSPS) is 11.4. The second-order valence-corrected chi connectivity index (χ2v) is 4.93. The maximum absolute atomic E-state index is 11.1. The molecule has 0 radical (unpaired) electrons. The lowest BCUT2D eigenvalue weighted by Crippen LogP contribution is -2.14. The Labute approximate surface area is 115 Å². The summed E-state index contributed by atoms with van der Waals surface area (Å²) in [6.07, 6.45) is 2.10. The number of aromatic amines is 2. The average molecular weight is 285 g/mol. The minimum absolute atomic E-state index is 0.260. The quantitative estimate of drug-likeness (QED) is 0.690. The molecule has 3 N–H and O–H groups in total. The van der Waals surface area contributed by atoms with Crippen molar-refractivity contribution in [1.29, 1.82) is 0 Å². The van der Waals surface area contributed by atoms with Gasteiger partial charge in [0.1, 0.15) is 0 Å². The van der Waals surface area contributed by atoms with Crippen molar-refractivity contribution in [2.75, 3.05) is 32.5 Å². The van der Waals surface area contributed by atoms with Gasteiger partial charge >= 0.3 is 5.69 Å². The molecule has 0 saturated carbocycles. The molecule has 0 atom stereocenters. The summed E-state index contributed by atoms with van der Waals surface area (Å²) in [7, 11) is 4.10. The monoisotopic (exact) mass is 284 g/mol. The van der Waals surface area contributed by atoms with Gasteiger partial charge in [-0.25, -0.2) is 14.8 Å². The van der Waals surface area contributed by atoms with E-state index in [4.69, 9.17) is 11.6 Å². The largest absolute Gasteiger partial charge is 0.367 e. The van der Waals surface area contributed by atoms with Crippen molar-refractivity contribution >= 4 is 28.7 Å². The summed E-state index contributed by atoms with van der Waals surface area (Å²) >= 11 is 6.00. The molecule has 0 bridgehead atoms. The summed E-state index contributed by atoms with van der Waals surface area (Å²) in [6, 6.07) is 0. The number of imidazole rings is 1. The Bertz CT molecular complexity index is 605. The third-order valence-corrected chi connectivity index (χ3v) is 2.91. The fraction of sp³-hybridized carbons (Fsp3) is 0.545. The summed E-state index contributed by atoms with van der Waals surface area (Å²) in [6.45, 7) is 1.81. The van der Waals surface area contributed by atoms with Crippen molar-refractivity contribution in [1.82, 2.24) is 24.8 Å². The van der Waals surface area contributed by atoms with Crippen LogP contribution in [0, 0.1) is 0 Å². The van der Waals surface area contributed by atoms with Crippen LogP contribution < -0.4 is 11.0 Å². The Morgan fingerprint density at radius 2 is 1.89 bits per heavy atom. The van der Waals surface area contributed by atoms with Gasteiger partial charge in [-0.05, 0) is 33.5 Å². The molecule has 0 aliphatic heterocycles. The molecule has 104 valence electrons. The number of aromatic nitrogens is 4. The second kappa shape index (κ2) is 6.03. The molecule has 8 heteroatoms. The Balaban J connectivity index is 1.96. The van der Waals surface area contributed by atoms with Crippen LogP contribution in [-0.2, 0) is 0 Å². The highest BCUT2D eigenvalue weighted by atomic mass is 35.5. The number of rotatable bonds is 6. The number of hydrogen-bond acceptors (Lipinski definition) is 5. The Kier molecular flexibility index (Phi) is 4.39. The molecule has 0 fully saturated rings. The zero-order chi connectivity index (χ0) is 13.8. The van der Waals surface area contributed by atoms with Crippen LogP contribution in [0.4, 0.5) is 5.82 Å². The topological polar surface area (TPSA) is 89.7 Å². The standard InChI is InChI=1S/C11H17ClN6O/c1-18(2)6-4-3-5-13-8-7(12)14-9-10(15-8)17-11(19)16-9/h3-6H2,1-2H3,(H3,13,14,15,16,17,19). The van der Waals surface area contributed by atoms with Gasteiger partial charge in [0.2, 0.25) is 0 Å². The molecule has 0 amide bonds. The van der Waals surface area contributed by atoms with E-state index in [9.17, 15) is 4.79 Å². The molecule has 0 aromatic carbocycles. The van der Waals surface area contributed by atoms with Gasteiger partial charge in [0.05, 0.1) is 0 Å². The number of nitrogens with one attached hydrogen (secondary N) is 3. The Hall–Kier alpha value is -1.60. The van der Waals surface area contributed by atoms with Crippen molar-refractivity contribution in [2.45, 2.75) is 12.8 Å². The summed E-state index contributed by atoms with van der Waals surface area (Å²) < 4.78 is 0. The van der Waals surface area contributed by atoms with E-state index in [0.29, 0.717) is 17.1 Å². The molecule has 2 aromatic heterocycles. The highest BCUT2D eigenvalue weighted by Crippen LogP contribution is 2.18. The van der Waals surface area contributed by atoms with E-state index in [2.05, 4.69) is 30.2 Å². The van der Waals surface area contributed by atoms with Crippen LogP contribution in [-0.4, -0.2) is 52.0 Å². The number of anilines is 1. The first-order chi connectivity index (χ1) is 9.06. The van der Waals surface area contributed by atoms with Gasteiger partial charge < -0.3 is 10.2 Å². The maximum atomic E-state index is 11.1. The van der Waals surface area contributed by atoms with Crippen molar-refractivity contribution < 1.29 is 0 Å². The highest BCUT2D eigenvalue weighted by Gasteiger charge is 2.08. The zero-order valence-electron chi connectivity index (χ0n) is 11.0. The van der Waals surface area contributed by atoms with Crippen LogP contribution >= 0.6 is 11.6 Å². The molecule has 0 spiro atoms. The fourth-order valence-electron chi connectivity index (χ4n) is 1.71. The van der Waals surface area contributed by atoms with Crippen LogP contribution in [0.1, 0.15) is 12.8 Å². The number of halogens is 1. The average Bonchev–Trinajstić information content (AvgIpc) is 2.67. The predicted octanol–water partition coefficient (Wildman–Crippen LogP) is 1.05. The van der Waals surface area contributed by atoms with Crippen molar-refractivity contribution in [3.05, 3.63) is 15.6 Å².